The molecule has 0 atom stereocenters. The summed E-state index contributed by atoms with van der Waals surface area (Å²) in [7, 11) is 0. The molecule has 0 amide bonds. The van der Waals surface area contributed by atoms with Gasteiger partial charge in [-0.3, -0.25) is 0 Å². The Morgan fingerprint density at radius 2 is 1.95 bits per heavy atom. The van der Waals surface area contributed by atoms with Crippen molar-refractivity contribution in [1.82, 2.24) is 9.78 Å². The monoisotopic (exact) mass is 271 g/mol. The van der Waals surface area contributed by atoms with E-state index in [4.69, 9.17) is 10.5 Å². The second-order valence-corrected chi connectivity index (χ2v) is 5.69. The van der Waals surface area contributed by atoms with E-state index in [-0.39, 0.29) is 5.54 Å². The Morgan fingerprint density at radius 3 is 2.70 bits per heavy atom. The van der Waals surface area contributed by atoms with Crippen LogP contribution in [0.5, 0.6) is 0 Å². The van der Waals surface area contributed by atoms with E-state index in [0.717, 1.165) is 24.1 Å². The average molecular weight is 271 g/mol. The summed E-state index contributed by atoms with van der Waals surface area (Å²) in [5, 5.41) is 4.36. The van der Waals surface area contributed by atoms with Crippen molar-refractivity contribution >= 4 is 0 Å². The maximum absolute atomic E-state index is 6.27. The van der Waals surface area contributed by atoms with Gasteiger partial charge >= 0.3 is 0 Å². The predicted molar refractivity (Wildman–Crippen MR) is 78.6 cm³/mol. The molecule has 4 heteroatoms. The summed E-state index contributed by atoms with van der Waals surface area (Å²) in [6, 6.07) is 10.1. The molecule has 1 aliphatic rings. The summed E-state index contributed by atoms with van der Waals surface area (Å²) < 4.78 is 7.65. The Hall–Kier alpha value is -1.65. The lowest BCUT2D eigenvalue weighted by atomic mass is 10.0. The van der Waals surface area contributed by atoms with E-state index in [1.165, 1.54) is 12.8 Å². The highest BCUT2D eigenvalue weighted by atomic mass is 16.5. The zero-order valence-electron chi connectivity index (χ0n) is 11.7. The van der Waals surface area contributed by atoms with Gasteiger partial charge in [0.15, 0.2) is 0 Å². The van der Waals surface area contributed by atoms with E-state index in [2.05, 4.69) is 5.10 Å². The molecule has 1 aliphatic carbocycles. The molecule has 3 rings (SSSR count). The average Bonchev–Trinajstić information content (AvgIpc) is 3.10. The second kappa shape index (κ2) is 5.77. The second-order valence-electron chi connectivity index (χ2n) is 5.69. The Labute approximate surface area is 119 Å². The van der Waals surface area contributed by atoms with Gasteiger partial charge in [0.05, 0.1) is 25.1 Å². The molecule has 4 nitrogen and oxygen atoms in total. The standard InChI is InChI=1S/C16H21N3O/c17-16(8-4-5-9-16)13-20-12-14-10-18-19(11-14)15-6-2-1-3-7-15/h1-3,6-7,10-11H,4-5,8-9,12-13,17H2. The first kappa shape index (κ1) is 13.3. The van der Waals surface area contributed by atoms with Crippen molar-refractivity contribution in [3.63, 3.8) is 0 Å². The molecule has 20 heavy (non-hydrogen) atoms. The molecule has 0 aliphatic heterocycles. The van der Waals surface area contributed by atoms with E-state index in [1.807, 2.05) is 47.4 Å². The van der Waals surface area contributed by atoms with Crippen LogP contribution in [0, 0.1) is 0 Å². The van der Waals surface area contributed by atoms with Crippen LogP contribution in [0.25, 0.3) is 5.69 Å². The van der Waals surface area contributed by atoms with Crippen molar-refractivity contribution in [2.75, 3.05) is 6.61 Å². The SMILES string of the molecule is NC1(COCc2cnn(-c3ccccc3)c2)CCCC1. The lowest BCUT2D eigenvalue weighted by Crippen LogP contribution is -2.41. The Bertz CT molecular complexity index is 544. The topological polar surface area (TPSA) is 53.1 Å². The third kappa shape index (κ3) is 3.08. The summed E-state index contributed by atoms with van der Waals surface area (Å²) in [6.45, 7) is 1.22. The molecule has 0 bridgehead atoms. The number of benzene rings is 1. The number of aromatic nitrogens is 2. The lowest BCUT2D eigenvalue weighted by molar-refractivity contribution is 0.0751. The smallest absolute Gasteiger partial charge is 0.0748 e. The van der Waals surface area contributed by atoms with Gasteiger partial charge in [0.2, 0.25) is 0 Å². The molecule has 0 saturated heterocycles. The van der Waals surface area contributed by atoms with Crippen molar-refractivity contribution in [3.05, 3.63) is 48.3 Å². The molecule has 1 fully saturated rings. The van der Waals surface area contributed by atoms with Gasteiger partial charge in [-0.1, -0.05) is 31.0 Å². The normalized spacial score (nSPS) is 17.4. The van der Waals surface area contributed by atoms with E-state index >= 15 is 0 Å². The quantitative estimate of drug-likeness (QED) is 0.909. The zero-order chi connectivity index (χ0) is 13.8. The van der Waals surface area contributed by atoms with Gasteiger partial charge in [-0.25, -0.2) is 4.68 Å². The van der Waals surface area contributed by atoms with Gasteiger partial charge in [-0.15, -0.1) is 0 Å². The largest absolute Gasteiger partial charge is 0.375 e. The predicted octanol–water partition coefficient (Wildman–Crippen LogP) is 2.66. The molecule has 1 aromatic heterocycles. The van der Waals surface area contributed by atoms with Crippen LogP contribution in [0.15, 0.2) is 42.7 Å². The van der Waals surface area contributed by atoms with Crippen LogP contribution < -0.4 is 5.73 Å². The first-order chi connectivity index (χ1) is 9.75. The number of ether oxygens (including phenoxy) is 1. The molecule has 1 heterocycles. The van der Waals surface area contributed by atoms with Crippen LogP contribution in [-0.2, 0) is 11.3 Å². The number of hydrogen-bond acceptors (Lipinski definition) is 3. The zero-order valence-corrected chi connectivity index (χ0v) is 11.7. The minimum absolute atomic E-state index is 0.102. The molecule has 2 N–H and O–H groups in total. The molecule has 0 radical (unpaired) electrons. The third-order valence-electron chi connectivity index (χ3n) is 3.91. The van der Waals surface area contributed by atoms with Crippen LogP contribution in [-0.4, -0.2) is 21.9 Å². The fourth-order valence-electron chi connectivity index (χ4n) is 2.75. The minimum atomic E-state index is -0.102. The minimum Gasteiger partial charge on any atom is -0.375 e. The van der Waals surface area contributed by atoms with Gasteiger partial charge in [-0.2, -0.15) is 5.10 Å². The van der Waals surface area contributed by atoms with Gasteiger partial charge < -0.3 is 10.5 Å². The van der Waals surface area contributed by atoms with Crippen LogP contribution in [0.1, 0.15) is 31.2 Å². The summed E-state index contributed by atoms with van der Waals surface area (Å²) >= 11 is 0. The summed E-state index contributed by atoms with van der Waals surface area (Å²) in [5.41, 5.74) is 8.31. The van der Waals surface area contributed by atoms with Crippen LogP contribution >= 0.6 is 0 Å². The van der Waals surface area contributed by atoms with E-state index in [9.17, 15) is 0 Å². The maximum Gasteiger partial charge on any atom is 0.0748 e. The van der Waals surface area contributed by atoms with Crippen molar-refractivity contribution in [1.29, 1.82) is 0 Å². The lowest BCUT2D eigenvalue weighted by Gasteiger charge is -2.22. The summed E-state index contributed by atoms with van der Waals surface area (Å²) in [4.78, 5) is 0. The van der Waals surface area contributed by atoms with Gasteiger partial charge in [0, 0.05) is 17.3 Å². The van der Waals surface area contributed by atoms with E-state index < -0.39 is 0 Å². The van der Waals surface area contributed by atoms with Crippen molar-refractivity contribution in [2.45, 2.75) is 37.8 Å². The Morgan fingerprint density at radius 1 is 1.20 bits per heavy atom. The number of rotatable bonds is 5. The molecule has 0 unspecified atom stereocenters. The van der Waals surface area contributed by atoms with Crippen molar-refractivity contribution in [2.24, 2.45) is 5.73 Å². The van der Waals surface area contributed by atoms with Gasteiger partial charge in [-0.05, 0) is 25.0 Å². The Balaban J connectivity index is 1.55. The number of para-hydroxylation sites is 1. The molecule has 106 valence electrons. The highest BCUT2D eigenvalue weighted by Crippen LogP contribution is 2.27. The van der Waals surface area contributed by atoms with Gasteiger partial charge in [0.25, 0.3) is 0 Å². The molecular formula is C16H21N3O. The van der Waals surface area contributed by atoms with Crippen LogP contribution in [0.3, 0.4) is 0 Å². The molecular weight excluding hydrogens is 250 g/mol. The molecule has 1 saturated carbocycles. The molecule has 2 aromatic rings. The van der Waals surface area contributed by atoms with Crippen molar-refractivity contribution < 1.29 is 4.74 Å². The highest BCUT2D eigenvalue weighted by Gasteiger charge is 2.29. The molecule has 0 spiro atoms. The summed E-state index contributed by atoms with van der Waals surface area (Å²) in [6.07, 6.45) is 8.47. The Kier molecular flexibility index (Phi) is 3.85. The first-order valence-electron chi connectivity index (χ1n) is 7.21. The number of nitrogens with zero attached hydrogens (tertiary/aromatic N) is 2. The highest BCUT2D eigenvalue weighted by molar-refractivity contribution is 5.30. The third-order valence-corrected chi connectivity index (χ3v) is 3.91. The molecule has 1 aromatic carbocycles. The van der Waals surface area contributed by atoms with Crippen LogP contribution in [0.4, 0.5) is 0 Å². The number of nitrogens with two attached hydrogens (primary N) is 1. The van der Waals surface area contributed by atoms with Crippen LogP contribution in [0.2, 0.25) is 0 Å². The first-order valence-corrected chi connectivity index (χ1v) is 7.21. The fraction of sp³-hybridized carbons (Fsp3) is 0.438. The number of hydrogen-bond donors (Lipinski definition) is 1. The van der Waals surface area contributed by atoms with Gasteiger partial charge in [0.1, 0.15) is 0 Å². The fourth-order valence-corrected chi connectivity index (χ4v) is 2.75. The van der Waals surface area contributed by atoms with Crippen molar-refractivity contribution in [3.8, 4) is 5.69 Å². The van der Waals surface area contributed by atoms with E-state index in [0.29, 0.717) is 13.2 Å². The maximum atomic E-state index is 6.27. The van der Waals surface area contributed by atoms with E-state index in [1.54, 1.807) is 0 Å². The summed E-state index contributed by atoms with van der Waals surface area (Å²) in [5.74, 6) is 0.